The van der Waals surface area contributed by atoms with E-state index in [4.69, 9.17) is 5.26 Å². The highest BCUT2D eigenvalue weighted by molar-refractivity contribution is 5.10. The second kappa shape index (κ2) is 3.26. The summed E-state index contributed by atoms with van der Waals surface area (Å²) < 4.78 is 0. The van der Waals surface area contributed by atoms with Gasteiger partial charge in [-0.05, 0) is 27.7 Å². The Morgan fingerprint density at radius 1 is 1.50 bits per heavy atom. The van der Waals surface area contributed by atoms with Crippen molar-refractivity contribution in [1.82, 2.24) is 5.32 Å². The molecule has 0 unspecified atom stereocenters. The Morgan fingerprint density at radius 2 is 2.00 bits per heavy atom. The van der Waals surface area contributed by atoms with Crippen LogP contribution in [-0.2, 0) is 0 Å². The molecule has 0 fully saturated rings. The topological polar surface area (TPSA) is 35.8 Å². The average molecular weight is 138 g/mol. The molecule has 0 rings (SSSR count). The van der Waals surface area contributed by atoms with Crippen molar-refractivity contribution in [3.63, 3.8) is 0 Å². The highest BCUT2D eigenvalue weighted by atomic mass is 14.9. The van der Waals surface area contributed by atoms with Crippen LogP contribution in [0.15, 0.2) is 11.8 Å². The molecule has 1 N–H and O–H groups in total. The van der Waals surface area contributed by atoms with Gasteiger partial charge in [-0.2, -0.15) is 5.26 Å². The summed E-state index contributed by atoms with van der Waals surface area (Å²) in [4.78, 5) is 0. The van der Waals surface area contributed by atoms with Gasteiger partial charge in [-0.25, -0.2) is 0 Å². The molecule has 56 valence electrons. The fourth-order valence-corrected chi connectivity index (χ4v) is 0.724. The van der Waals surface area contributed by atoms with Crippen molar-refractivity contribution < 1.29 is 0 Å². The van der Waals surface area contributed by atoms with Crippen molar-refractivity contribution in [3.05, 3.63) is 11.8 Å². The van der Waals surface area contributed by atoms with Crippen LogP contribution >= 0.6 is 0 Å². The van der Waals surface area contributed by atoms with E-state index < -0.39 is 0 Å². The van der Waals surface area contributed by atoms with Crippen LogP contribution in [-0.4, -0.2) is 5.54 Å². The minimum Gasteiger partial charge on any atom is -0.383 e. The highest BCUT2D eigenvalue weighted by Gasteiger charge is 2.07. The zero-order valence-corrected chi connectivity index (χ0v) is 7.02. The van der Waals surface area contributed by atoms with E-state index in [1.807, 2.05) is 13.0 Å². The lowest BCUT2D eigenvalue weighted by Crippen LogP contribution is -2.34. The molecule has 10 heavy (non-hydrogen) atoms. The van der Waals surface area contributed by atoms with E-state index in [2.05, 4.69) is 26.1 Å². The first-order valence-corrected chi connectivity index (χ1v) is 3.30. The largest absolute Gasteiger partial charge is 0.383 e. The van der Waals surface area contributed by atoms with E-state index in [1.165, 1.54) is 6.08 Å². The molecule has 0 aliphatic heterocycles. The SMILES string of the molecule is C/C(=C\C#N)NC(C)(C)C. The number of rotatable bonds is 1. The van der Waals surface area contributed by atoms with Crippen molar-refractivity contribution in [2.24, 2.45) is 0 Å². The molecule has 0 aliphatic rings. The van der Waals surface area contributed by atoms with E-state index in [0.29, 0.717) is 0 Å². The lowest BCUT2D eigenvalue weighted by atomic mass is 10.1. The van der Waals surface area contributed by atoms with Gasteiger partial charge in [0.15, 0.2) is 0 Å². The van der Waals surface area contributed by atoms with Crippen LogP contribution in [0, 0.1) is 11.3 Å². The number of allylic oxidation sites excluding steroid dienone is 2. The molecule has 2 nitrogen and oxygen atoms in total. The molecule has 0 aromatic carbocycles. The smallest absolute Gasteiger partial charge is 0.0930 e. The summed E-state index contributed by atoms with van der Waals surface area (Å²) in [5.41, 5.74) is 0.965. The van der Waals surface area contributed by atoms with E-state index in [0.717, 1.165) is 5.70 Å². The normalized spacial score (nSPS) is 12.5. The van der Waals surface area contributed by atoms with Crippen molar-refractivity contribution in [2.75, 3.05) is 0 Å². The van der Waals surface area contributed by atoms with Gasteiger partial charge in [-0.3, -0.25) is 0 Å². The minimum atomic E-state index is 0.0530. The van der Waals surface area contributed by atoms with Gasteiger partial charge in [0.25, 0.3) is 0 Å². The maximum absolute atomic E-state index is 8.27. The third kappa shape index (κ3) is 5.17. The molecule has 0 saturated carbocycles. The fourth-order valence-electron chi connectivity index (χ4n) is 0.724. The van der Waals surface area contributed by atoms with Crippen LogP contribution in [0.5, 0.6) is 0 Å². The molecular formula is C8H14N2. The quantitative estimate of drug-likeness (QED) is 0.561. The summed E-state index contributed by atoms with van der Waals surface area (Å²) in [5.74, 6) is 0. The number of nitrogens with one attached hydrogen (secondary N) is 1. The Kier molecular flexibility index (Phi) is 2.95. The van der Waals surface area contributed by atoms with Gasteiger partial charge in [0, 0.05) is 17.3 Å². The van der Waals surface area contributed by atoms with E-state index in [1.54, 1.807) is 0 Å². The molecule has 0 spiro atoms. The standard InChI is InChI=1S/C8H14N2/c1-7(5-6-9)10-8(2,3)4/h5,10H,1-4H3/b7-5+. The van der Waals surface area contributed by atoms with Gasteiger partial charge in [0.1, 0.15) is 0 Å². The zero-order chi connectivity index (χ0) is 8.20. The number of hydrogen-bond acceptors (Lipinski definition) is 2. The summed E-state index contributed by atoms with van der Waals surface area (Å²) in [5, 5.41) is 11.4. The van der Waals surface area contributed by atoms with Crippen LogP contribution in [0.25, 0.3) is 0 Å². The molecule has 0 aromatic heterocycles. The Bertz CT molecular complexity index is 167. The van der Waals surface area contributed by atoms with Gasteiger partial charge in [-0.1, -0.05) is 0 Å². The van der Waals surface area contributed by atoms with Gasteiger partial charge in [0.05, 0.1) is 6.07 Å². The van der Waals surface area contributed by atoms with Gasteiger partial charge >= 0.3 is 0 Å². The Hall–Kier alpha value is -0.970. The van der Waals surface area contributed by atoms with Gasteiger partial charge in [0.2, 0.25) is 0 Å². The molecule has 0 bridgehead atoms. The Labute approximate surface area is 62.5 Å². The zero-order valence-electron chi connectivity index (χ0n) is 7.02. The van der Waals surface area contributed by atoms with Crippen molar-refractivity contribution in [2.45, 2.75) is 33.2 Å². The monoisotopic (exact) mass is 138 g/mol. The van der Waals surface area contributed by atoms with E-state index in [-0.39, 0.29) is 5.54 Å². The van der Waals surface area contributed by atoms with E-state index >= 15 is 0 Å². The second-order valence-electron chi connectivity index (χ2n) is 3.33. The maximum atomic E-state index is 8.27. The summed E-state index contributed by atoms with van der Waals surface area (Å²) in [6.45, 7) is 8.06. The Balaban J connectivity index is 3.95. The Morgan fingerprint density at radius 3 is 2.30 bits per heavy atom. The van der Waals surface area contributed by atoms with Gasteiger partial charge < -0.3 is 5.32 Å². The predicted octanol–water partition coefficient (Wildman–Crippen LogP) is 1.80. The number of nitriles is 1. The second-order valence-corrected chi connectivity index (χ2v) is 3.33. The molecule has 0 heterocycles. The molecule has 0 radical (unpaired) electrons. The molecular weight excluding hydrogens is 124 g/mol. The summed E-state index contributed by atoms with van der Waals surface area (Å²) in [6.07, 6.45) is 1.51. The molecule has 2 heteroatoms. The maximum Gasteiger partial charge on any atom is 0.0930 e. The molecule has 0 amide bonds. The molecule has 0 aromatic rings. The molecule has 0 atom stereocenters. The summed E-state index contributed by atoms with van der Waals surface area (Å²) in [7, 11) is 0. The number of nitrogens with zero attached hydrogens (tertiary/aromatic N) is 1. The minimum absolute atomic E-state index is 0.0530. The lowest BCUT2D eigenvalue weighted by molar-refractivity contribution is 0.473. The van der Waals surface area contributed by atoms with Crippen LogP contribution in [0.3, 0.4) is 0 Å². The molecule has 0 aliphatic carbocycles. The van der Waals surface area contributed by atoms with Crippen molar-refractivity contribution in [1.29, 1.82) is 5.26 Å². The third-order valence-electron chi connectivity index (χ3n) is 0.853. The number of hydrogen-bond donors (Lipinski definition) is 1. The first kappa shape index (κ1) is 9.03. The third-order valence-corrected chi connectivity index (χ3v) is 0.853. The van der Waals surface area contributed by atoms with Crippen LogP contribution in [0.2, 0.25) is 0 Å². The first-order chi connectivity index (χ1) is 4.45. The first-order valence-electron chi connectivity index (χ1n) is 3.30. The summed E-state index contributed by atoms with van der Waals surface area (Å²) >= 11 is 0. The predicted molar refractivity (Wildman–Crippen MR) is 42.3 cm³/mol. The lowest BCUT2D eigenvalue weighted by Gasteiger charge is -2.21. The van der Waals surface area contributed by atoms with Crippen molar-refractivity contribution >= 4 is 0 Å². The fraction of sp³-hybridized carbons (Fsp3) is 0.625. The van der Waals surface area contributed by atoms with Crippen molar-refractivity contribution in [3.8, 4) is 6.07 Å². The molecule has 0 saturated heterocycles. The van der Waals surface area contributed by atoms with E-state index in [9.17, 15) is 0 Å². The highest BCUT2D eigenvalue weighted by Crippen LogP contribution is 2.01. The summed E-state index contributed by atoms with van der Waals surface area (Å²) in [6, 6.07) is 1.97. The average Bonchev–Trinajstić information content (AvgIpc) is 1.59. The van der Waals surface area contributed by atoms with Crippen LogP contribution < -0.4 is 5.32 Å². The van der Waals surface area contributed by atoms with Crippen LogP contribution in [0.1, 0.15) is 27.7 Å². The van der Waals surface area contributed by atoms with Crippen LogP contribution in [0.4, 0.5) is 0 Å². The van der Waals surface area contributed by atoms with Gasteiger partial charge in [-0.15, -0.1) is 0 Å².